The maximum Gasteiger partial charge on any atom is 0.325 e. The number of thioether (sulfide) groups is 1. The first-order chi connectivity index (χ1) is 10.6. The molecule has 1 aromatic carbocycles. The van der Waals surface area contributed by atoms with Gasteiger partial charge in [-0.2, -0.15) is 0 Å². The van der Waals surface area contributed by atoms with Crippen molar-refractivity contribution in [1.82, 2.24) is 5.32 Å². The van der Waals surface area contributed by atoms with Crippen molar-refractivity contribution in [3.63, 3.8) is 0 Å². The Morgan fingerprint density at radius 3 is 2.59 bits per heavy atom. The SMILES string of the molecule is CCCC(=O)OCSc1ccccc1C(=O)NCC(=O)OC. The van der Waals surface area contributed by atoms with Crippen LogP contribution in [-0.2, 0) is 19.1 Å². The number of hydrogen-bond acceptors (Lipinski definition) is 6. The number of rotatable bonds is 8. The zero-order valence-corrected chi connectivity index (χ0v) is 13.4. The van der Waals surface area contributed by atoms with Gasteiger partial charge in [-0.05, 0) is 18.6 Å². The lowest BCUT2D eigenvalue weighted by atomic mass is 10.2. The molecule has 0 aliphatic rings. The summed E-state index contributed by atoms with van der Waals surface area (Å²) in [5.41, 5.74) is 0.419. The maximum atomic E-state index is 12.0. The van der Waals surface area contributed by atoms with E-state index in [9.17, 15) is 14.4 Å². The summed E-state index contributed by atoms with van der Waals surface area (Å²) < 4.78 is 9.52. The van der Waals surface area contributed by atoms with Gasteiger partial charge in [0.25, 0.3) is 5.91 Å². The van der Waals surface area contributed by atoms with Crippen molar-refractivity contribution in [3.8, 4) is 0 Å². The quantitative estimate of drug-likeness (QED) is 0.447. The molecule has 1 amide bonds. The van der Waals surface area contributed by atoms with E-state index in [4.69, 9.17) is 4.74 Å². The highest BCUT2D eigenvalue weighted by molar-refractivity contribution is 7.99. The fourth-order valence-corrected chi connectivity index (χ4v) is 2.34. The van der Waals surface area contributed by atoms with E-state index >= 15 is 0 Å². The minimum absolute atomic E-state index is 0.139. The number of esters is 2. The van der Waals surface area contributed by atoms with Crippen LogP contribution in [0.4, 0.5) is 0 Å². The van der Waals surface area contributed by atoms with Gasteiger partial charge in [-0.3, -0.25) is 14.4 Å². The van der Waals surface area contributed by atoms with Gasteiger partial charge in [-0.1, -0.05) is 30.8 Å². The molecule has 1 N–H and O–H groups in total. The van der Waals surface area contributed by atoms with Gasteiger partial charge in [-0.15, -0.1) is 0 Å². The Morgan fingerprint density at radius 1 is 1.18 bits per heavy atom. The third-order valence-electron chi connectivity index (χ3n) is 2.64. The molecule has 0 fully saturated rings. The molecule has 0 heterocycles. The predicted molar refractivity (Wildman–Crippen MR) is 82.5 cm³/mol. The van der Waals surface area contributed by atoms with Gasteiger partial charge in [0.05, 0.1) is 12.7 Å². The molecule has 1 aromatic rings. The number of nitrogens with one attached hydrogen (secondary N) is 1. The molecule has 0 saturated heterocycles. The monoisotopic (exact) mass is 325 g/mol. The second kappa shape index (κ2) is 9.83. The molecule has 120 valence electrons. The Bertz CT molecular complexity index is 532. The fourth-order valence-electron chi connectivity index (χ4n) is 1.53. The molecule has 0 spiro atoms. The van der Waals surface area contributed by atoms with E-state index in [0.717, 1.165) is 6.42 Å². The molecule has 0 aromatic heterocycles. The molecule has 0 saturated carbocycles. The molecule has 0 aliphatic carbocycles. The summed E-state index contributed by atoms with van der Waals surface area (Å²) in [6.07, 6.45) is 1.11. The van der Waals surface area contributed by atoms with Gasteiger partial charge < -0.3 is 14.8 Å². The third-order valence-corrected chi connectivity index (χ3v) is 3.54. The van der Waals surface area contributed by atoms with E-state index in [0.29, 0.717) is 16.9 Å². The Hall–Kier alpha value is -2.02. The fraction of sp³-hybridized carbons (Fsp3) is 0.400. The van der Waals surface area contributed by atoms with Crippen molar-refractivity contribution in [2.45, 2.75) is 24.7 Å². The Labute approximate surface area is 133 Å². The molecule has 0 bridgehead atoms. The van der Waals surface area contributed by atoms with Gasteiger partial charge in [0.15, 0.2) is 0 Å². The second-order valence-electron chi connectivity index (χ2n) is 4.28. The maximum absolute atomic E-state index is 12.0. The Balaban J connectivity index is 2.59. The van der Waals surface area contributed by atoms with Crippen LogP contribution in [0.3, 0.4) is 0 Å². The lowest BCUT2D eigenvalue weighted by Gasteiger charge is -2.09. The lowest BCUT2D eigenvalue weighted by molar-refractivity contribution is -0.141. The van der Waals surface area contributed by atoms with Crippen LogP contribution in [0.2, 0.25) is 0 Å². The van der Waals surface area contributed by atoms with Crippen molar-refractivity contribution >= 4 is 29.6 Å². The topological polar surface area (TPSA) is 81.7 Å². The van der Waals surface area contributed by atoms with Crippen molar-refractivity contribution in [3.05, 3.63) is 29.8 Å². The number of methoxy groups -OCH3 is 1. The molecule has 6 nitrogen and oxygen atoms in total. The number of ether oxygens (including phenoxy) is 2. The van der Waals surface area contributed by atoms with Crippen LogP contribution in [-0.4, -0.2) is 37.4 Å². The van der Waals surface area contributed by atoms with Crippen LogP contribution in [0.5, 0.6) is 0 Å². The molecule has 22 heavy (non-hydrogen) atoms. The van der Waals surface area contributed by atoms with Crippen molar-refractivity contribution in [2.24, 2.45) is 0 Å². The van der Waals surface area contributed by atoms with E-state index in [1.54, 1.807) is 24.3 Å². The average molecular weight is 325 g/mol. The van der Waals surface area contributed by atoms with Crippen molar-refractivity contribution in [2.75, 3.05) is 19.6 Å². The number of carbonyl (C=O) groups excluding carboxylic acids is 3. The van der Waals surface area contributed by atoms with Gasteiger partial charge in [0.2, 0.25) is 0 Å². The normalized spacial score (nSPS) is 9.91. The van der Waals surface area contributed by atoms with Crippen molar-refractivity contribution < 1.29 is 23.9 Å². The number of amides is 1. The highest BCUT2D eigenvalue weighted by atomic mass is 32.2. The zero-order valence-electron chi connectivity index (χ0n) is 12.6. The Morgan fingerprint density at radius 2 is 1.91 bits per heavy atom. The van der Waals surface area contributed by atoms with Crippen LogP contribution in [0.1, 0.15) is 30.1 Å². The summed E-state index contributed by atoms with van der Waals surface area (Å²) in [4.78, 5) is 35.1. The minimum atomic E-state index is -0.521. The summed E-state index contributed by atoms with van der Waals surface area (Å²) in [7, 11) is 1.25. The molecule has 7 heteroatoms. The van der Waals surface area contributed by atoms with Crippen LogP contribution < -0.4 is 5.32 Å². The van der Waals surface area contributed by atoms with Crippen LogP contribution in [0.25, 0.3) is 0 Å². The zero-order chi connectivity index (χ0) is 16.4. The Kier molecular flexibility index (Phi) is 8.06. The van der Waals surface area contributed by atoms with Gasteiger partial charge in [-0.25, -0.2) is 0 Å². The minimum Gasteiger partial charge on any atom is -0.468 e. The smallest absolute Gasteiger partial charge is 0.325 e. The third kappa shape index (κ3) is 6.17. The predicted octanol–water partition coefficient (Wildman–Crippen LogP) is 1.98. The number of hydrogen-bond donors (Lipinski definition) is 1. The van der Waals surface area contributed by atoms with Crippen LogP contribution >= 0.6 is 11.8 Å². The average Bonchev–Trinajstić information content (AvgIpc) is 2.53. The first-order valence-corrected chi connectivity index (χ1v) is 7.79. The molecule has 1 rings (SSSR count). The van der Waals surface area contributed by atoms with E-state index < -0.39 is 5.97 Å². The first-order valence-electron chi connectivity index (χ1n) is 6.81. The largest absolute Gasteiger partial charge is 0.468 e. The standard InChI is InChI=1S/C15H19NO5S/c1-3-6-13(17)21-10-22-12-8-5-4-7-11(12)15(19)16-9-14(18)20-2/h4-5,7-8H,3,6,9-10H2,1-2H3,(H,16,19). The van der Waals surface area contributed by atoms with Gasteiger partial charge >= 0.3 is 11.9 Å². The first kappa shape index (κ1) is 18.0. The van der Waals surface area contributed by atoms with Gasteiger partial charge in [0, 0.05) is 11.3 Å². The van der Waals surface area contributed by atoms with E-state index in [1.807, 2.05) is 6.92 Å². The van der Waals surface area contributed by atoms with E-state index in [-0.39, 0.29) is 24.4 Å². The highest BCUT2D eigenvalue weighted by Gasteiger charge is 2.13. The number of benzene rings is 1. The van der Waals surface area contributed by atoms with Crippen LogP contribution in [0, 0.1) is 0 Å². The summed E-state index contributed by atoms with van der Waals surface area (Å²) in [5.74, 6) is -1.02. The highest BCUT2D eigenvalue weighted by Crippen LogP contribution is 2.22. The van der Waals surface area contributed by atoms with E-state index in [1.165, 1.54) is 18.9 Å². The molecule has 0 aliphatic heterocycles. The lowest BCUT2D eigenvalue weighted by Crippen LogP contribution is -2.30. The molecule has 0 unspecified atom stereocenters. The molecule has 0 atom stereocenters. The van der Waals surface area contributed by atoms with Crippen molar-refractivity contribution in [1.29, 1.82) is 0 Å². The summed E-state index contributed by atoms with van der Waals surface area (Å²) >= 11 is 1.25. The number of carbonyl (C=O) groups is 3. The summed E-state index contributed by atoms with van der Waals surface area (Å²) in [6.45, 7) is 1.70. The molecular formula is C15H19NO5S. The molecular weight excluding hydrogens is 306 g/mol. The van der Waals surface area contributed by atoms with E-state index in [2.05, 4.69) is 10.1 Å². The summed E-state index contributed by atoms with van der Waals surface area (Å²) in [6, 6.07) is 6.90. The second-order valence-corrected chi connectivity index (χ2v) is 5.25. The van der Waals surface area contributed by atoms with Crippen LogP contribution in [0.15, 0.2) is 29.2 Å². The molecule has 0 radical (unpaired) electrons. The summed E-state index contributed by atoms with van der Waals surface area (Å²) in [5, 5.41) is 2.47. The van der Waals surface area contributed by atoms with Gasteiger partial charge in [0.1, 0.15) is 12.5 Å².